The van der Waals surface area contributed by atoms with Gasteiger partial charge in [0.25, 0.3) is 0 Å². The summed E-state index contributed by atoms with van der Waals surface area (Å²) in [6.07, 6.45) is 4.78. The topological polar surface area (TPSA) is 145 Å². The third-order valence-corrected chi connectivity index (χ3v) is 9.31. The Balaban J connectivity index is 1.22. The van der Waals surface area contributed by atoms with Gasteiger partial charge in [-0.3, -0.25) is 4.72 Å². The van der Waals surface area contributed by atoms with Gasteiger partial charge in [0.2, 0.25) is 17.5 Å². The molecule has 6 rings (SSSR count). The van der Waals surface area contributed by atoms with E-state index in [0.717, 1.165) is 76.7 Å². The number of carboxylic acids is 1. The molecule has 3 N–H and O–H groups in total. The van der Waals surface area contributed by atoms with E-state index in [9.17, 15) is 9.90 Å². The van der Waals surface area contributed by atoms with Crippen molar-refractivity contribution in [2.45, 2.75) is 70.4 Å². The third-order valence-electron chi connectivity index (χ3n) is 8.53. The Bertz CT molecular complexity index is 1890. The second kappa shape index (κ2) is 15.8. The summed E-state index contributed by atoms with van der Waals surface area (Å²) in [5, 5.41) is 13.1. The van der Waals surface area contributed by atoms with Crippen molar-refractivity contribution in [1.82, 2.24) is 25.3 Å². The summed E-state index contributed by atoms with van der Waals surface area (Å²) < 4.78 is 21.3. The Morgan fingerprint density at radius 3 is 2.65 bits per heavy atom. The first-order valence-electron chi connectivity index (χ1n) is 16.6. The predicted octanol–water partition coefficient (Wildman–Crippen LogP) is 7.59. The first-order chi connectivity index (χ1) is 23.7. The Kier molecular flexibility index (Phi) is 11.1. The Hall–Kier alpha value is -4.52. The number of carboxylic acid groups (broad SMARTS) is 1. The minimum Gasteiger partial charge on any atom is -0.478 e. The van der Waals surface area contributed by atoms with Gasteiger partial charge in [-0.1, -0.05) is 38.1 Å². The van der Waals surface area contributed by atoms with Crippen LogP contribution >= 0.6 is 11.9 Å². The van der Waals surface area contributed by atoms with Crippen LogP contribution in [0, 0.1) is 19.8 Å². The fourth-order valence-electron chi connectivity index (χ4n) is 5.98. The second-order valence-electron chi connectivity index (χ2n) is 12.8. The molecule has 0 saturated carbocycles. The molecule has 0 radical (unpaired) electrons. The average Bonchev–Trinajstić information content (AvgIpc) is 3.53. The van der Waals surface area contributed by atoms with Gasteiger partial charge in [-0.05, 0) is 80.3 Å². The molecule has 3 aromatic heterocycles. The third kappa shape index (κ3) is 8.94. The van der Waals surface area contributed by atoms with E-state index >= 15 is 0 Å². The predicted molar refractivity (Wildman–Crippen MR) is 190 cm³/mol. The lowest BCUT2D eigenvalue weighted by Crippen LogP contribution is -2.38. The van der Waals surface area contributed by atoms with Crippen molar-refractivity contribution >= 4 is 35.1 Å². The number of anilines is 1. The van der Waals surface area contributed by atoms with Crippen LogP contribution in [0.1, 0.15) is 72.0 Å². The summed E-state index contributed by atoms with van der Waals surface area (Å²) in [5.41, 5.74) is 6.26. The maximum Gasteiger partial charge on any atom is 0.335 e. The van der Waals surface area contributed by atoms with Gasteiger partial charge in [0.1, 0.15) is 17.9 Å². The van der Waals surface area contributed by atoms with Crippen LogP contribution in [0.4, 0.5) is 5.95 Å². The molecule has 2 atom stereocenters. The zero-order chi connectivity index (χ0) is 34.3. The van der Waals surface area contributed by atoms with E-state index < -0.39 is 5.97 Å². The van der Waals surface area contributed by atoms with Gasteiger partial charge >= 0.3 is 5.97 Å². The molecule has 11 nitrogen and oxygen atoms in total. The average molecular weight is 683 g/mol. The molecule has 0 spiro atoms. The van der Waals surface area contributed by atoms with Crippen molar-refractivity contribution in [3.63, 3.8) is 0 Å². The molecular weight excluding hydrogens is 641 g/mol. The molecule has 1 fully saturated rings. The SMILES string of the molecule is Cc1cccc(C)c1-c1cc(OCC(CC2CCCOC2)NCc2cnc3oc(C(C)C)cc3n2)nc(NSc2cccc(C(=O)O)c2)n1. The van der Waals surface area contributed by atoms with Crippen LogP contribution in [0.15, 0.2) is 70.1 Å². The molecule has 1 aliphatic rings. The van der Waals surface area contributed by atoms with E-state index in [4.69, 9.17) is 28.8 Å². The monoisotopic (exact) mass is 682 g/mol. The van der Waals surface area contributed by atoms with Gasteiger partial charge in [0, 0.05) is 54.3 Å². The van der Waals surface area contributed by atoms with Crippen molar-refractivity contribution in [2.24, 2.45) is 5.92 Å². The molecule has 0 amide bonds. The van der Waals surface area contributed by atoms with Gasteiger partial charge in [0.15, 0.2) is 0 Å². The van der Waals surface area contributed by atoms with E-state index in [1.807, 2.05) is 24.3 Å². The summed E-state index contributed by atoms with van der Waals surface area (Å²) in [4.78, 5) is 31.1. The summed E-state index contributed by atoms with van der Waals surface area (Å²) in [7, 11) is 0. The highest BCUT2D eigenvalue weighted by Crippen LogP contribution is 2.31. The maximum atomic E-state index is 11.5. The molecule has 0 bridgehead atoms. The lowest BCUT2D eigenvalue weighted by Gasteiger charge is -2.27. The highest BCUT2D eigenvalue weighted by molar-refractivity contribution is 8.00. The molecule has 256 valence electrons. The number of aryl methyl sites for hydroxylation is 2. The Morgan fingerprint density at radius 1 is 1.08 bits per heavy atom. The molecule has 1 aliphatic heterocycles. The Morgan fingerprint density at radius 2 is 1.90 bits per heavy atom. The van der Waals surface area contributed by atoms with E-state index in [-0.39, 0.29) is 17.5 Å². The number of hydrogen-bond donors (Lipinski definition) is 3. The standard InChI is InChI=1S/C37H42N6O5S/c1-22(2)32-16-31-35(48-32)39-19-28(40-31)18-38-27(14-25-10-7-13-46-20-25)21-47-33-17-30(34-23(3)8-5-9-24(34)4)41-37(42-33)43-49-29-12-6-11-26(15-29)36(44)45/h5-6,8-9,11-12,15-17,19,22,25,27,38H,7,10,13-14,18,20-21H2,1-4H3,(H,44,45)(H,41,42,43). The van der Waals surface area contributed by atoms with Crippen molar-refractivity contribution in [3.05, 3.63) is 88.9 Å². The quantitative estimate of drug-likeness (QED) is 0.0993. The van der Waals surface area contributed by atoms with Crippen LogP contribution in [0.2, 0.25) is 0 Å². The van der Waals surface area contributed by atoms with Crippen LogP contribution in [0.25, 0.3) is 22.5 Å². The molecule has 0 aliphatic carbocycles. The van der Waals surface area contributed by atoms with Crippen LogP contribution in [0.5, 0.6) is 5.88 Å². The largest absolute Gasteiger partial charge is 0.478 e. The van der Waals surface area contributed by atoms with Crippen LogP contribution < -0.4 is 14.8 Å². The summed E-state index contributed by atoms with van der Waals surface area (Å²) in [6, 6.07) is 16.7. The lowest BCUT2D eigenvalue weighted by molar-refractivity contribution is 0.0446. The van der Waals surface area contributed by atoms with Crippen molar-refractivity contribution in [3.8, 4) is 17.1 Å². The van der Waals surface area contributed by atoms with E-state index in [0.29, 0.717) is 36.6 Å². The number of carbonyl (C=O) groups is 1. The molecule has 5 aromatic rings. The highest BCUT2D eigenvalue weighted by Gasteiger charge is 2.22. The number of nitrogens with zero attached hydrogens (tertiary/aromatic N) is 4. The summed E-state index contributed by atoms with van der Waals surface area (Å²) in [6.45, 7) is 10.7. The molecule has 12 heteroatoms. The first kappa shape index (κ1) is 34.3. The molecular formula is C37H42N6O5S. The summed E-state index contributed by atoms with van der Waals surface area (Å²) in [5.74, 6) is 1.35. The molecule has 4 heterocycles. The number of furan rings is 1. The molecule has 49 heavy (non-hydrogen) atoms. The maximum absolute atomic E-state index is 11.5. The molecule has 2 unspecified atom stereocenters. The zero-order valence-corrected chi connectivity index (χ0v) is 29.0. The van der Waals surface area contributed by atoms with Gasteiger partial charge < -0.3 is 24.3 Å². The van der Waals surface area contributed by atoms with Gasteiger partial charge in [-0.25, -0.2) is 19.7 Å². The number of aromatic carboxylic acids is 1. The number of hydrogen-bond acceptors (Lipinski definition) is 11. The number of aromatic nitrogens is 4. The minimum atomic E-state index is -0.983. The Labute approximate surface area is 290 Å². The number of nitrogens with one attached hydrogen (secondary N) is 2. The lowest BCUT2D eigenvalue weighted by atomic mass is 9.94. The molecule has 1 saturated heterocycles. The van der Waals surface area contributed by atoms with Crippen LogP contribution in [0.3, 0.4) is 0 Å². The first-order valence-corrected chi connectivity index (χ1v) is 17.4. The normalized spacial score (nSPS) is 15.4. The van der Waals surface area contributed by atoms with Crippen molar-refractivity contribution in [1.29, 1.82) is 0 Å². The van der Waals surface area contributed by atoms with Gasteiger partial charge in [-0.15, -0.1) is 0 Å². The number of rotatable bonds is 14. The van der Waals surface area contributed by atoms with Crippen LogP contribution in [-0.2, 0) is 11.3 Å². The van der Waals surface area contributed by atoms with Gasteiger partial charge in [0.05, 0.1) is 23.1 Å². The minimum absolute atomic E-state index is 0.0112. The van der Waals surface area contributed by atoms with E-state index in [2.05, 4.69) is 54.9 Å². The van der Waals surface area contributed by atoms with E-state index in [1.165, 1.54) is 11.9 Å². The zero-order valence-electron chi connectivity index (χ0n) is 28.2. The van der Waals surface area contributed by atoms with E-state index in [1.54, 1.807) is 24.4 Å². The fraction of sp³-hybridized carbons (Fsp3) is 0.378. The number of fused-ring (bicyclic) bond motifs is 1. The highest BCUT2D eigenvalue weighted by atomic mass is 32.2. The fourth-order valence-corrected chi connectivity index (χ4v) is 6.61. The summed E-state index contributed by atoms with van der Waals surface area (Å²) >= 11 is 1.24. The van der Waals surface area contributed by atoms with Crippen LogP contribution in [-0.4, -0.2) is 56.9 Å². The second-order valence-corrected chi connectivity index (χ2v) is 13.7. The molecule has 2 aromatic carbocycles. The smallest absolute Gasteiger partial charge is 0.335 e. The van der Waals surface area contributed by atoms with Crippen molar-refractivity contribution < 1.29 is 23.8 Å². The van der Waals surface area contributed by atoms with Crippen molar-refractivity contribution in [2.75, 3.05) is 24.5 Å². The number of ether oxygens (including phenoxy) is 2. The van der Waals surface area contributed by atoms with Gasteiger partial charge in [-0.2, -0.15) is 4.98 Å². The number of benzene rings is 2.